The van der Waals surface area contributed by atoms with Crippen LogP contribution >= 0.6 is 0 Å². The van der Waals surface area contributed by atoms with Crippen LogP contribution in [0.4, 0.5) is 0 Å². The molecule has 82 valence electrons. The lowest BCUT2D eigenvalue weighted by molar-refractivity contribution is -0.125. The minimum absolute atomic E-state index is 0.130. The van der Waals surface area contributed by atoms with Gasteiger partial charge in [-0.1, -0.05) is 0 Å². The van der Waals surface area contributed by atoms with Gasteiger partial charge in [0.25, 0.3) is 0 Å². The van der Waals surface area contributed by atoms with Crippen molar-refractivity contribution in [2.45, 2.75) is 25.4 Å². The average molecular weight is 204 g/mol. The number of amides is 2. The number of hydrogen-bond donors (Lipinski definition) is 4. The first kappa shape index (κ1) is 12.8. The molecule has 0 aliphatic heterocycles. The fraction of sp³-hybridized carbons (Fsp3) is 0.714. The lowest BCUT2D eigenvalue weighted by Gasteiger charge is -2.13. The topological polar surface area (TPSA) is 119 Å². The fourth-order valence-corrected chi connectivity index (χ4v) is 0.933. The third-order valence-corrected chi connectivity index (χ3v) is 1.76. The van der Waals surface area contributed by atoms with Crippen molar-refractivity contribution in [3.63, 3.8) is 0 Å². The highest BCUT2D eigenvalue weighted by Crippen LogP contribution is 2.05. The van der Waals surface area contributed by atoms with E-state index in [1.165, 1.54) is 7.11 Å². The first-order valence-corrected chi connectivity index (χ1v) is 4.15. The molecule has 14 heavy (non-hydrogen) atoms. The van der Waals surface area contributed by atoms with E-state index >= 15 is 0 Å². The van der Waals surface area contributed by atoms with Gasteiger partial charge in [0.1, 0.15) is 0 Å². The molecular formula is C7H16N4O3. The van der Waals surface area contributed by atoms with Gasteiger partial charge in [0.05, 0.1) is 12.5 Å². The van der Waals surface area contributed by atoms with Gasteiger partial charge in [-0.25, -0.2) is 11.7 Å². The minimum atomic E-state index is -0.329. The molecule has 7 nitrogen and oxygen atoms in total. The molecule has 0 spiro atoms. The smallest absolute Gasteiger partial charge is 0.236 e. The van der Waals surface area contributed by atoms with Crippen LogP contribution in [0.2, 0.25) is 0 Å². The van der Waals surface area contributed by atoms with E-state index < -0.39 is 0 Å². The van der Waals surface area contributed by atoms with E-state index in [0.29, 0.717) is 6.42 Å². The molecule has 0 heterocycles. The van der Waals surface area contributed by atoms with Crippen molar-refractivity contribution >= 4 is 11.8 Å². The first-order valence-electron chi connectivity index (χ1n) is 4.15. The Morgan fingerprint density at radius 1 is 1.29 bits per heavy atom. The Morgan fingerprint density at radius 3 is 2.29 bits per heavy atom. The predicted molar refractivity (Wildman–Crippen MR) is 49.3 cm³/mol. The molecule has 0 bridgehead atoms. The van der Waals surface area contributed by atoms with Crippen LogP contribution in [-0.4, -0.2) is 25.0 Å². The Hall–Kier alpha value is -1.18. The van der Waals surface area contributed by atoms with E-state index in [-0.39, 0.29) is 30.8 Å². The van der Waals surface area contributed by atoms with Crippen molar-refractivity contribution < 1.29 is 14.3 Å². The molecule has 0 aliphatic carbocycles. The molecule has 0 aromatic rings. The predicted octanol–water partition coefficient (Wildman–Crippen LogP) is -1.85. The summed E-state index contributed by atoms with van der Waals surface area (Å²) in [7, 11) is 1.47. The lowest BCUT2D eigenvalue weighted by Crippen LogP contribution is -2.34. The Labute approximate surface area is 82.1 Å². The summed E-state index contributed by atoms with van der Waals surface area (Å²) in [6.07, 6.45) is 0.445. The molecular weight excluding hydrogens is 188 g/mol. The Morgan fingerprint density at radius 2 is 1.86 bits per heavy atom. The fourth-order valence-electron chi connectivity index (χ4n) is 0.933. The van der Waals surface area contributed by atoms with Gasteiger partial charge in [0.15, 0.2) is 0 Å². The average Bonchev–Trinajstić information content (AvgIpc) is 2.22. The van der Waals surface area contributed by atoms with Crippen molar-refractivity contribution in [3.8, 4) is 0 Å². The summed E-state index contributed by atoms with van der Waals surface area (Å²) in [6, 6.07) is 0. The third-order valence-electron chi connectivity index (χ3n) is 1.76. The van der Waals surface area contributed by atoms with Crippen LogP contribution in [0, 0.1) is 0 Å². The number of methoxy groups -OCH3 is 1. The molecule has 0 rings (SSSR count). The highest BCUT2D eigenvalue weighted by molar-refractivity contribution is 5.76. The minimum Gasteiger partial charge on any atom is -0.381 e. The zero-order valence-corrected chi connectivity index (χ0v) is 8.08. The first-order chi connectivity index (χ1) is 6.63. The summed E-state index contributed by atoms with van der Waals surface area (Å²) < 4.78 is 4.98. The number of hydrazine groups is 2. The molecule has 0 unspecified atom stereocenters. The second-order valence-electron chi connectivity index (χ2n) is 2.74. The van der Waals surface area contributed by atoms with E-state index in [4.69, 9.17) is 16.4 Å². The van der Waals surface area contributed by atoms with Crippen molar-refractivity contribution in [1.82, 2.24) is 10.9 Å². The Kier molecular flexibility index (Phi) is 6.63. The van der Waals surface area contributed by atoms with Crippen LogP contribution in [0.25, 0.3) is 0 Å². The van der Waals surface area contributed by atoms with E-state index in [1.54, 1.807) is 0 Å². The van der Waals surface area contributed by atoms with Crippen molar-refractivity contribution in [3.05, 3.63) is 0 Å². The monoisotopic (exact) mass is 204 g/mol. The van der Waals surface area contributed by atoms with Crippen molar-refractivity contribution in [2.24, 2.45) is 11.7 Å². The maximum absolute atomic E-state index is 10.9. The van der Waals surface area contributed by atoms with Crippen molar-refractivity contribution in [2.75, 3.05) is 7.11 Å². The molecule has 2 amide bonds. The highest BCUT2D eigenvalue weighted by atomic mass is 16.5. The van der Waals surface area contributed by atoms with Crippen LogP contribution in [0.1, 0.15) is 19.3 Å². The molecule has 0 fully saturated rings. The standard InChI is InChI=1S/C7H16N4O3/c1-14-5(4-7(13)11-9)2-3-6(12)10-8/h5H,2-4,8-9H2,1H3,(H,10,12)(H,11,13)/t5-/m0/s1. The third kappa shape index (κ3) is 5.46. The summed E-state index contributed by atoms with van der Waals surface area (Å²) >= 11 is 0. The van der Waals surface area contributed by atoms with Gasteiger partial charge >= 0.3 is 0 Å². The van der Waals surface area contributed by atoms with Gasteiger partial charge in [-0.2, -0.15) is 0 Å². The molecule has 0 radical (unpaired) electrons. The number of hydrogen-bond acceptors (Lipinski definition) is 5. The Balaban J connectivity index is 3.79. The molecule has 0 saturated carbocycles. The number of nitrogens with two attached hydrogens (primary N) is 2. The quantitative estimate of drug-likeness (QED) is 0.230. The largest absolute Gasteiger partial charge is 0.381 e. The van der Waals surface area contributed by atoms with E-state index in [0.717, 1.165) is 0 Å². The van der Waals surface area contributed by atoms with Gasteiger partial charge < -0.3 is 4.74 Å². The maximum atomic E-state index is 10.9. The maximum Gasteiger partial charge on any atom is 0.236 e. The summed E-state index contributed by atoms with van der Waals surface area (Å²) in [6.45, 7) is 0. The number of rotatable bonds is 6. The van der Waals surface area contributed by atoms with Crippen LogP contribution < -0.4 is 22.5 Å². The van der Waals surface area contributed by atoms with E-state index in [9.17, 15) is 9.59 Å². The summed E-state index contributed by atoms with van der Waals surface area (Å²) in [4.78, 5) is 21.6. The van der Waals surface area contributed by atoms with E-state index in [2.05, 4.69) is 0 Å². The lowest BCUT2D eigenvalue weighted by atomic mass is 10.1. The van der Waals surface area contributed by atoms with Crippen LogP contribution in [0.3, 0.4) is 0 Å². The second-order valence-corrected chi connectivity index (χ2v) is 2.74. The molecule has 0 aliphatic rings. The molecule has 6 N–H and O–H groups in total. The number of ether oxygens (including phenoxy) is 1. The molecule has 0 aromatic carbocycles. The van der Waals surface area contributed by atoms with Gasteiger partial charge in [-0.05, 0) is 6.42 Å². The number of carbonyl (C=O) groups is 2. The zero-order valence-electron chi connectivity index (χ0n) is 8.08. The summed E-state index contributed by atoms with van der Waals surface area (Å²) in [5.41, 5.74) is 3.98. The van der Waals surface area contributed by atoms with Crippen molar-refractivity contribution in [1.29, 1.82) is 0 Å². The number of carbonyl (C=O) groups excluding carboxylic acids is 2. The van der Waals surface area contributed by atoms with E-state index in [1.807, 2.05) is 10.9 Å². The SMILES string of the molecule is CO[C@@H](CCC(=O)NN)CC(=O)NN. The van der Waals surface area contributed by atoms with Crippen LogP contribution in [-0.2, 0) is 14.3 Å². The molecule has 7 heteroatoms. The summed E-state index contributed by atoms with van der Waals surface area (Å²) in [5, 5.41) is 0. The zero-order chi connectivity index (χ0) is 11.0. The van der Waals surface area contributed by atoms with Crippen LogP contribution in [0.15, 0.2) is 0 Å². The summed E-state index contributed by atoms with van der Waals surface area (Å²) in [5.74, 6) is 9.17. The second kappa shape index (κ2) is 7.25. The molecule has 1 atom stereocenters. The van der Waals surface area contributed by atoms with Gasteiger partial charge in [0.2, 0.25) is 11.8 Å². The molecule has 0 saturated heterocycles. The van der Waals surface area contributed by atoms with Crippen LogP contribution in [0.5, 0.6) is 0 Å². The number of nitrogens with one attached hydrogen (secondary N) is 2. The van der Waals surface area contributed by atoms with Gasteiger partial charge in [0, 0.05) is 13.5 Å². The normalized spacial score (nSPS) is 11.9. The highest BCUT2D eigenvalue weighted by Gasteiger charge is 2.13. The molecule has 0 aromatic heterocycles. The van der Waals surface area contributed by atoms with Gasteiger partial charge in [-0.3, -0.25) is 20.4 Å². The Bertz CT molecular complexity index is 197. The van der Waals surface area contributed by atoms with Gasteiger partial charge in [-0.15, -0.1) is 0 Å².